The first-order valence-corrected chi connectivity index (χ1v) is 8.92. The molecule has 0 aliphatic rings. The number of nitrogens with one attached hydrogen (secondary N) is 1. The Hall–Kier alpha value is -0.660. The van der Waals surface area contributed by atoms with Crippen molar-refractivity contribution in [3.63, 3.8) is 0 Å². The van der Waals surface area contributed by atoms with E-state index in [4.69, 9.17) is 16.7 Å². The molecular weight excluding hydrogens is 312 g/mol. The number of aliphatic hydroxyl groups excluding tert-OH is 1. The highest BCUT2D eigenvalue weighted by atomic mass is 35.5. The van der Waals surface area contributed by atoms with Crippen molar-refractivity contribution < 1.29 is 13.5 Å². The maximum Gasteiger partial charge on any atom is 0.240 e. The van der Waals surface area contributed by atoms with Gasteiger partial charge in [-0.3, -0.25) is 0 Å². The molecule has 0 heterocycles. The minimum Gasteiger partial charge on any atom is -0.392 e. The molecule has 0 bridgehead atoms. The average molecular weight is 335 g/mol. The maximum absolute atomic E-state index is 12.2. The van der Waals surface area contributed by atoms with E-state index in [9.17, 15) is 8.42 Å². The van der Waals surface area contributed by atoms with Crippen LogP contribution < -0.4 is 4.72 Å². The lowest BCUT2D eigenvalue weighted by Crippen LogP contribution is -2.35. The molecule has 1 rings (SSSR count). The number of hydrogen-bond acceptors (Lipinski definition) is 4. The van der Waals surface area contributed by atoms with E-state index in [0.29, 0.717) is 18.7 Å². The van der Waals surface area contributed by atoms with Crippen LogP contribution in [-0.4, -0.2) is 44.6 Å². The zero-order valence-electron chi connectivity index (χ0n) is 12.5. The molecule has 0 atom stereocenters. The van der Waals surface area contributed by atoms with Gasteiger partial charge in [0.05, 0.1) is 11.5 Å². The molecule has 0 amide bonds. The number of halogens is 1. The summed E-state index contributed by atoms with van der Waals surface area (Å²) in [5.41, 5.74) is 0.510. The summed E-state index contributed by atoms with van der Waals surface area (Å²) in [6.45, 7) is 6.81. The van der Waals surface area contributed by atoms with Crippen LogP contribution in [0.2, 0.25) is 5.02 Å². The zero-order chi connectivity index (χ0) is 15.9. The van der Waals surface area contributed by atoms with Crippen molar-refractivity contribution >= 4 is 21.6 Å². The van der Waals surface area contributed by atoms with Gasteiger partial charge in [0.15, 0.2) is 0 Å². The van der Waals surface area contributed by atoms with Crippen LogP contribution in [0.15, 0.2) is 23.1 Å². The lowest BCUT2D eigenvalue weighted by atomic mass is 10.2. The number of rotatable bonds is 9. The van der Waals surface area contributed by atoms with Crippen LogP contribution in [0.25, 0.3) is 0 Å². The van der Waals surface area contributed by atoms with Crippen molar-refractivity contribution in [3.8, 4) is 0 Å². The van der Waals surface area contributed by atoms with E-state index < -0.39 is 10.0 Å². The molecule has 2 N–H and O–H groups in total. The molecule has 0 aliphatic heterocycles. The first kappa shape index (κ1) is 18.4. The third kappa shape index (κ3) is 5.56. The second kappa shape index (κ2) is 8.70. The Morgan fingerprint density at radius 2 is 2.00 bits per heavy atom. The Morgan fingerprint density at radius 1 is 1.29 bits per heavy atom. The van der Waals surface area contributed by atoms with Gasteiger partial charge < -0.3 is 10.0 Å². The van der Waals surface area contributed by atoms with Crippen molar-refractivity contribution in [1.29, 1.82) is 0 Å². The van der Waals surface area contributed by atoms with E-state index in [1.165, 1.54) is 18.2 Å². The predicted octanol–water partition coefficient (Wildman–Crippen LogP) is 1.84. The molecule has 120 valence electrons. The zero-order valence-corrected chi connectivity index (χ0v) is 14.0. The Balaban J connectivity index is 2.67. The molecule has 0 aliphatic carbocycles. The molecule has 0 radical (unpaired) electrons. The minimum absolute atomic E-state index is 0.114. The topological polar surface area (TPSA) is 69.6 Å². The SMILES string of the molecule is CCCN(CC)CCNS(=O)(=O)c1ccc(CO)c(Cl)c1. The number of benzene rings is 1. The molecule has 7 heteroatoms. The number of sulfonamides is 1. The summed E-state index contributed by atoms with van der Waals surface area (Å²) in [6.07, 6.45) is 1.04. The Labute approximate surface area is 132 Å². The standard InChI is InChI=1S/C14H23ClN2O3S/c1-3-8-17(4-2)9-7-16-21(19,20)13-6-5-12(11-18)14(15)10-13/h5-6,10,16,18H,3-4,7-9,11H2,1-2H3. The Bertz CT molecular complexity index is 549. The largest absolute Gasteiger partial charge is 0.392 e. The van der Waals surface area contributed by atoms with Crippen LogP contribution in [0, 0.1) is 0 Å². The first-order chi connectivity index (χ1) is 9.94. The minimum atomic E-state index is -3.57. The first-order valence-electron chi connectivity index (χ1n) is 7.05. The Morgan fingerprint density at radius 3 is 2.52 bits per heavy atom. The average Bonchev–Trinajstić information content (AvgIpc) is 2.46. The van der Waals surface area contributed by atoms with Crippen LogP contribution in [0.3, 0.4) is 0 Å². The number of likely N-dealkylation sites (N-methyl/N-ethyl adjacent to an activating group) is 1. The van der Waals surface area contributed by atoms with Gasteiger partial charge in [-0.2, -0.15) is 0 Å². The molecule has 0 aromatic heterocycles. The highest BCUT2D eigenvalue weighted by Gasteiger charge is 2.15. The van der Waals surface area contributed by atoms with Gasteiger partial charge in [-0.1, -0.05) is 31.5 Å². The lowest BCUT2D eigenvalue weighted by Gasteiger charge is -2.19. The predicted molar refractivity (Wildman–Crippen MR) is 85.0 cm³/mol. The van der Waals surface area contributed by atoms with Gasteiger partial charge in [0.25, 0.3) is 0 Å². The van der Waals surface area contributed by atoms with Crippen molar-refractivity contribution in [1.82, 2.24) is 9.62 Å². The van der Waals surface area contributed by atoms with Gasteiger partial charge in [-0.15, -0.1) is 0 Å². The van der Waals surface area contributed by atoms with Gasteiger partial charge in [-0.25, -0.2) is 13.1 Å². The van der Waals surface area contributed by atoms with Gasteiger partial charge in [0.2, 0.25) is 10.0 Å². The fraction of sp³-hybridized carbons (Fsp3) is 0.571. The fourth-order valence-electron chi connectivity index (χ4n) is 1.99. The second-order valence-corrected chi connectivity index (χ2v) is 6.92. The van der Waals surface area contributed by atoms with E-state index in [0.717, 1.165) is 19.5 Å². The molecule has 0 unspecified atom stereocenters. The lowest BCUT2D eigenvalue weighted by molar-refractivity contribution is 0.282. The van der Waals surface area contributed by atoms with E-state index in [2.05, 4.69) is 23.5 Å². The van der Waals surface area contributed by atoms with E-state index >= 15 is 0 Å². The summed E-state index contributed by atoms with van der Waals surface area (Å²) >= 11 is 5.92. The molecule has 0 saturated carbocycles. The van der Waals surface area contributed by atoms with Crippen LogP contribution in [0.1, 0.15) is 25.8 Å². The molecule has 0 fully saturated rings. The molecular formula is C14H23ClN2O3S. The van der Waals surface area contributed by atoms with Gasteiger partial charge >= 0.3 is 0 Å². The highest BCUT2D eigenvalue weighted by Crippen LogP contribution is 2.20. The van der Waals surface area contributed by atoms with E-state index in [-0.39, 0.29) is 16.5 Å². The smallest absolute Gasteiger partial charge is 0.240 e. The van der Waals surface area contributed by atoms with Crippen molar-refractivity contribution in [2.24, 2.45) is 0 Å². The molecule has 21 heavy (non-hydrogen) atoms. The molecule has 1 aromatic rings. The molecule has 0 saturated heterocycles. The summed E-state index contributed by atoms with van der Waals surface area (Å²) in [7, 11) is -3.57. The summed E-state index contributed by atoms with van der Waals surface area (Å²) in [5, 5.41) is 9.29. The van der Waals surface area contributed by atoms with Crippen LogP contribution in [-0.2, 0) is 16.6 Å². The summed E-state index contributed by atoms with van der Waals surface area (Å²) < 4.78 is 26.9. The summed E-state index contributed by atoms with van der Waals surface area (Å²) in [4.78, 5) is 2.30. The van der Waals surface area contributed by atoms with Crippen molar-refractivity contribution in [2.45, 2.75) is 31.8 Å². The quantitative estimate of drug-likeness (QED) is 0.723. The summed E-state index contributed by atoms with van der Waals surface area (Å²) in [6, 6.07) is 4.33. The van der Waals surface area contributed by atoms with Crippen LogP contribution in [0.4, 0.5) is 0 Å². The maximum atomic E-state index is 12.2. The third-order valence-corrected chi connectivity index (χ3v) is 5.02. The second-order valence-electron chi connectivity index (χ2n) is 4.74. The van der Waals surface area contributed by atoms with E-state index in [1.54, 1.807) is 0 Å². The number of aliphatic hydroxyl groups is 1. The molecule has 5 nitrogen and oxygen atoms in total. The molecule has 0 spiro atoms. The molecule has 1 aromatic carbocycles. The van der Waals surface area contributed by atoms with Crippen molar-refractivity contribution in [2.75, 3.05) is 26.2 Å². The highest BCUT2D eigenvalue weighted by molar-refractivity contribution is 7.89. The van der Waals surface area contributed by atoms with Crippen LogP contribution >= 0.6 is 11.6 Å². The Kier molecular flexibility index (Phi) is 7.62. The van der Waals surface area contributed by atoms with Crippen LogP contribution in [0.5, 0.6) is 0 Å². The monoisotopic (exact) mass is 334 g/mol. The van der Waals surface area contributed by atoms with Gasteiger partial charge in [0.1, 0.15) is 0 Å². The third-order valence-electron chi connectivity index (χ3n) is 3.21. The van der Waals surface area contributed by atoms with Gasteiger partial charge in [-0.05, 0) is 37.2 Å². The number of nitrogens with zero attached hydrogens (tertiary/aromatic N) is 1. The fourth-order valence-corrected chi connectivity index (χ4v) is 3.34. The summed E-state index contributed by atoms with van der Waals surface area (Å²) in [5.74, 6) is 0. The van der Waals surface area contributed by atoms with E-state index in [1.807, 2.05) is 0 Å². The number of hydrogen-bond donors (Lipinski definition) is 2. The van der Waals surface area contributed by atoms with Crippen molar-refractivity contribution in [3.05, 3.63) is 28.8 Å². The van der Waals surface area contributed by atoms with Gasteiger partial charge in [0, 0.05) is 18.1 Å². The normalized spacial score (nSPS) is 12.0.